The molecule has 12 heavy (non-hydrogen) atoms. The van der Waals surface area contributed by atoms with E-state index in [0.717, 1.165) is 13.0 Å². The van der Waals surface area contributed by atoms with Crippen molar-refractivity contribution in [3.8, 4) is 0 Å². The summed E-state index contributed by atoms with van der Waals surface area (Å²) in [6.45, 7) is 12.7. The quantitative estimate of drug-likeness (QED) is 0.636. The Morgan fingerprint density at radius 3 is 2.17 bits per heavy atom. The van der Waals surface area contributed by atoms with Gasteiger partial charge in [-0.25, -0.2) is 0 Å². The molecule has 2 heteroatoms. The summed E-state index contributed by atoms with van der Waals surface area (Å²) < 4.78 is 0. The minimum Gasteiger partial charge on any atom is -0.338 e. The second-order valence-electron chi connectivity index (χ2n) is 3.97. The summed E-state index contributed by atoms with van der Waals surface area (Å²) in [7, 11) is 0. The van der Waals surface area contributed by atoms with Gasteiger partial charge in [-0.3, -0.25) is 4.79 Å². The van der Waals surface area contributed by atoms with Crippen molar-refractivity contribution in [2.24, 2.45) is 0 Å². The third-order valence-electron chi connectivity index (χ3n) is 1.77. The zero-order valence-corrected chi connectivity index (χ0v) is 8.68. The van der Waals surface area contributed by atoms with Crippen LogP contribution in [-0.4, -0.2) is 22.9 Å². The van der Waals surface area contributed by atoms with Gasteiger partial charge in [0.25, 0.3) is 0 Å². The molecule has 0 aliphatic carbocycles. The summed E-state index contributed by atoms with van der Waals surface area (Å²) >= 11 is 0. The molecule has 0 rings (SSSR count). The van der Waals surface area contributed by atoms with Crippen LogP contribution in [0.3, 0.4) is 0 Å². The molecule has 1 amide bonds. The van der Waals surface area contributed by atoms with Crippen molar-refractivity contribution < 1.29 is 4.79 Å². The summed E-state index contributed by atoms with van der Waals surface area (Å²) in [6, 6.07) is 0. The van der Waals surface area contributed by atoms with Gasteiger partial charge in [0, 0.05) is 18.5 Å². The zero-order chi connectivity index (χ0) is 9.78. The minimum absolute atomic E-state index is 0.0647. The Bertz CT molecular complexity index is 146. The van der Waals surface area contributed by atoms with Gasteiger partial charge in [0.1, 0.15) is 0 Å². The highest BCUT2D eigenvalue weighted by Gasteiger charge is 2.23. The Labute approximate surface area is 75.9 Å². The van der Waals surface area contributed by atoms with Crippen LogP contribution in [0.2, 0.25) is 0 Å². The van der Waals surface area contributed by atoms with Crippen molar-refractivity contribution in [2.75, 3.05) is 6.54 Å². The smallest absolute Gasteiger partial charge is 0.222 e. The molecule has 0 aliphatic rings. The van der Waals surface area contributed by atoms with Crippen LogP contribution in [0.5, 0.6) is 0 Å². The number of rotatable bonds is 3. The van der Waals surface area contributed by atoms with Gasteiger partial charge in [-0.05, 0) is 34.1 Å². The molecule has 0 aliphatic heterocycles. The SMILES string of the molecule is [CH2]CC(=O)N(CCC)C(C)(C)C. The van der Waals surface area contributed by atoms with Gasteiger partial charge < -0.3 is 4.90 Å². The highest BCUT2D eigenvalue weighted by molar-refractivity contribution is 5.77. The number of hydrogen-bond acceptors (Lipinski definition) is 1. The van der Waals surface area contributed by atoms with Gasteiger partial charge in [-0.15, -0.1) is 0 Å². The molecule has 0 bridgehead atoms. The first-order valence-electron chi connectivity index (χ1n) is 4.53. The molecular weight excluding hydrogens is 150 g/mol. The van der Waals surface area contributed by atoms with E-state index in [4.69, 9.17) is 0 Å². The maximum Gasteiger partial charge on any atom is 0.222 e. The lowest BCUT2D eigenvalue weighted by atomic mass is 10.1. The Kier molecular flexibility index (Phi) is 4.29. The molecule has 0 aromatic rings. The van der Waals surface area contributed by atoms with Gasteiger partial charge in [0.2, 0.25) is 5.91 Å². The zero-order valence-electron chi connectivity index (χ0n) is 8.68. The summed E-state index contributed by atoms with van der Waals surface area (Å²) in [5, 5.41) is 0. The lowest BCUT2D eigenvalue weighted by Gasteiger charge is -2.35. The molecule has 0 N–H and O–H groups in total. The second kappa shape index (κ2) is 4.48. The summed E-state index contributed by atoms with van der Waals surface area (Å²) in [5.74, 6) is 0.143. The van der Waals surface area contributed by atoms with E-state index in [1.54, 1.807) is 0 Å². The van der Waals surface area contributed by atoms with Gasteiger partial charge in [-0.2, -0.15) is 0 Å². The van der Waals surface area contributed by atoms with Gasteiger partial charge in [0.05, 0.1) is 0 Å². The molecule has 1 radical (unpaired) electrons. The first-order valence-corrected chi connectivity index (χ1v) is 4.53. The van der Waals surface area contributed by atoms with Crippen molar-refractivity contribution in [1.82, 2.24) is 4.90 Å². The van der Waals surface area contributed by atoms with Crippen LogP contribution >= 0.6 is 0 Å². The first-order chi connectivity index (χ1) is 5.43. The Balaban J connectivity index is 4.33. The van der Waals surface area contributed by atoms with Gasteiger partial charge in [-0.1, -0.05) is 6.92 Å². The Hall–Kier alpha value is -0.530. The van der Waals surface area contributed by atoms with E-state index in [0.29, 0.717) is 6.42 Å². The number of carbonyl (C=O) groups is 1. The summed E-state index contributed by atoms with van der Waals surface area (Å²) in [6.07, 6.45) is 1.36. The van der Waals surface area contributed by atoms with E-state index >= 15 is 0 Å². The van der Waals surface area contributed by atoms with Gasteiger partial charge >= 0.3 is 0 Å². The molecule has 0 aromatic carbocycles. The number of amides is 1. The largest absolute Gasteiger partial charge is 0.338 e. The van der Waals surface area contributed by atoms with Crippen molar-refractivity contribution in [1.29, 1.82) is 0 Å². The molecule has 0 heterocycles. The normalized spacial score (nSPS) is 11.4. The predicted octanol–water partition coefficient (Wildman–Crippen LogP) is 2.25. The molecule has 0 spiro atoms. The van der Waals surface area contributed by atoms with E-state index in [9.17, 15) is 4.79 Å². The highest BCUT2D eigenvalue weighted by atomic mass is 16.2. The van der Waals surface area contributed by atoms with Crippen LogP contribution in [0, 0.1) is 6.92 Å². The van der Waals surface area contributed by atoms with Crippen LogP contribution in [-0.2, 0) is 4.79 Å². The number of nitrogens with zero attached hydrogens (tertiary/aromatic N) is 1. The standard InChI is InChI=1S/C10H20NO/c1-6-8-11(9(12)7-2)10(3,4)5/h2,6-8H2,1,3-5H3. The maximum absolute atomic E-state index is 11.4. The molecule has 0 saturated carbocycles. The van der Waals surface area contributed by atoms with E-state index in [2.05, 4.69) is 34.6 Å². The fraction of sp³-hybridized carbons (Fsp3) is 0.800. The van der Waals surface area contributed by atoms with Crippen LogP contribution in [0.15, 0.2) is 0 Å². The number of hydrogen-bond donors (Lipinski definition) is 0. The monoisotopic (exact) mass is 170 g/mol. The van der Waals surface area contributed by atoms with Crippen molar-refractivity contribution in [2.45, 2.75) is 46.1 Å². The lowest BCUT2D eigenvalue weighted by Crippen LogP contribution is -2.45. The van der Waals surface area contributed by atoms with Crippen LogP contribution < -0.4 is 0 Å². The average Bonchev–Trinajstić information content (AvgIpc) is 1.96. The van der Waals surface area contributed by atoms with Crippen molar-refractivity contribution in [3.05, 3.63) is 6.92 Å². The van der Waals surface area contributed by atoms with Crippen LogP contribution in [0.25, 0.3) is 0 Å². The topological polar surface area (TPSA) is 20.3 Å². The molecule has 0 aromatic heterocycles. The third kappa shape index (κ3) is 3.24. The second-order valence-corrected chi connectivity index (χ2v) is 3.97. The molecule has 0 unspecified atom stereocenters. The van der Waals surface area contributed by atoms with Crippen LogP contribution in [0.1, 0.15) is 40.5 Å². The number of carbonyl (C=O) groups excluding carboxylic acids is 1. The Morgan fingerprint density at radius 1 is 1.42 bits per heavy atom. The minimum atomic E-state index is -0.0647. The lowest BCUT2D eigenvalue weighted by molar-refractivity contribution is -0.135. The van der Waals surface area contributed by atoms with E-state index < -0.39 is 0 Å². The molecule has 2 nitrogen and oxygen atoms in total. The van der Waals surface area contributed by atoms with E-state index in [1.807, 2.05) is 4.90 Å². The van der Waals surface area contributed by atoms with Crippen molar-refractivity contribution in [3.63, 3.8) is 0 Å². The summed E-state index contributed by atoms with van der Waals surface area (Å²) in [5.41, 5.74) is -0.0647. The molecule has 0 fully saturated rings. The molecule has 0 saturated heterocycles. The summed E-state index contributed by atoms with van der Waals surface area (Å²) in [4.78, 5) is 13.3. The third-order valence-corrected chi connectivity index (χ3v) is 1.77. The first kappa shape index (κ1) is 11.5. The molecule has 0 atom stereocenters. The fourth-order valence-electron chi connectivity index (χ4n) is 1.19. The average molecular weight is 170 g/mol. The fourth-order valence-corrected chi connectivity index (χ4v) is 1.19. The van der Waals surface area contributed by atoms with Gasteiger partial charge in [0.15, 0.2) is 0 Å². The van der Waals surface area contributed by atoms with Crippen LogP contribution in [0.4, 0.5) is 0 Å². The predicted molar refractivity (Wildman–Crippen MR) is 51.7 cm³/mol. The van der Waals surface area contributed by atoms with Crippen molar-refractivity contribution >= 4 is 5.91 Å². The molecule has 71 valence electrons. The van der Waals surface area contributed by atoms with E-state index in [-0.39, 0.29) is 11.4 Å². The maximum atomic E-state index is 11.4. The Morgan fingerprint density at radius 2 is 1.92 bits per heavy atom. The highest BCUT2D eigenvalue weighted by Crippen LogP contribution is 2.14. The van der Waals surface area contributed by atoms with E-state index in [1.165, 1.54) is 0 Å². The molecular formula is C10H20NO.